The van der Waals surface area contributed by atoms with E-state index >= 15 is 0 Å². The molecule has 2 aromatic rings. The van der Waals surface area contributed by atoms with Crippen LogP contribution in [0.1, 0.15) is 29.6 Å². The molecule has 0 radical (unpaired) electrons. The van der Waals surface area contributed by atoms with Crippen LogP contribution in [0.5, 0.6) is 0 Å². The third kappa shape index (κ3) is 3.41. The Morgan fingerprint density at radius 2 is 1.96 bits per heavy atom. The van der Waals surface area contributed by atoms with Gasteiger partial charge in [0, 0.05) is 31.7 Å². The SMILES string of the molecule is Cn1c(=O)cc(C(=O)NC2(CC(=O)O)CCOCC2)c2ccccc21. The van der Waals surface area contributed by atoms with Gasteiger partial charge in [-0.3, -0.25) is 14.4 Å². The molecule has 0 spiro atoms. The molecule has 0 bridgehead atoms. The summed E-state index contributed by atoms with van der Waals surface area (Å²) in [6.07, 6.45) is 0.673. The lowest BCUT2D eigenvalue weighted by molar-refractivity contribution is -0.139. The number of aromatic nitrogens is 1. The molecule has 7 heteroatoms. The molecule has 1 aromatic carbocycles. The fourth-order valence-electron chi connectivity index (χ4n) is 3.30. The minimum Gasteiger partial charge on any atom is -0.481 e. The number of carbonyl (C=O) groups excluding carboxylic acids is 1. The number of para-hydroxylation sites is 1. The van der Waals surface area contributed by atoms with E-state index in [1.54, 1.807) is 31.3 Å². The lowest BCUT2D eigenvalue weighted by Crippen LogP contribution is -2.53. The van der Waals surface area contributed by atoms with Crippen LogP contribution in [0.3, 0.4) is 0 Å². The van der Waals surface area contributed by atoms with Gasteiger partial charge in [-0.05, 0) is 18.9 Å². The predicted octanol–water partition coefficient (Wildman–Crippen LogP) is 1.29. The molecular formula is C18H20N2O5. The van der Waals surface area contributed by atoms with Gasteiger partial charge in [0.1, 0.15) is 0 Å². The fourth-order valence-corrected chi connectivity index (χ4v) is 3.30. The van der Waals surface area contributed by atoms with Crippen molar-refractivity contribution in [2.75, 3.05) is 13.2 Å². The summed E-state index contributed by atoms with van der Waals surface area (Å²) in [5, 5.41) is 12.7. The Morgan fingerprint density at radius 3 is 2.64 bits per heavy atom. The minimum absolute atomic E-state index is 0.176. The number of nitrogens with zero attached hydrogens (tertiary/aromatic N) is 1. The number of rotatable bonds is 4. The number of benzene rings is 1. The highest BCUT2D eigenvalue weighted by Gasteiger charge is 2.37. The number of carboxylic acid groups (broad SMARTS) is 1. The van der Waals surface area contributed by atoms with E-state index in [0.717, 1.165) is 0 Å². The first-order chi connectivity index (χ1) is 11.9. The van der Waals surface area contributed by atoms with Gasteiger partial charge in [0.05, 0.1) is 23.0 Å². The van der Waals surface area contributed by atoms with E-state index in [-0.39, 0.29) is 17.5 Å². The zero-order valence-corrected chi connectivity index (χ0v) is 13.9. The molecule has 2 N–H and O–H groups in total. The van der Waals surface area contributed by atoms with Gasteiger partial charge in [-0.25, -0.2) is 0 Å². The van der Waals surface area contributed by atoms with E-state index < -0.39 is 17.4 Å². The summed E-state index contributed by atoms with van der Waals surface area (Å²) in [5.74, 6) is -1.41. The maximum absolute atomic E-state index is 12.9. The summed E-state index contributed by atoms with van der Waals surface area (Å²) in [7, 11) is 1.65. The van der Waals surface area contributed by atoms with Crippen LogP contribution in [0.2, 0.25) is 0 Å². The number of fused-ring (bicyclic) bond motifs is 1. The van der Waals surface area contributed by atoms with Gasteiger partial charge in [0.2, 0.25) is 0 Å². The molecule has 1 saturated heterocycles. The van der Waals surface area contributed by atoms with Gasteiger partial charge in [-0.15, -0.1) is 0 Å². The molecule has 0 saturated carbocycles. The van der Waals surface area contributed by atoms with Crippen molar-refractivity contribution in [3.63, 3.8) is 0 Å². The number of pyridine rings is 1. The maximum Gasteiger partial charge on any atom is 0.305 e. The first-order valence-corrected chi connectivity index (χ1v) is 8.13. The highest BCUT2D eigenvalue weighted by Crippen LogP contribution is 2.26. The number of hydrogen-bond acceptors (Lipinski definition) is 4. The van der Waals surface area contributed by atoms with Gasteiger partial charge < -0.3 is 19.7 Å². The number of carboxylic acids is 1. The Hall–Kier alpha value is -2.67. The molecule has 7 nitrogen and oxygen atoms in total. The first kappa shape index (κ1) is 17.2. The summed E-state index contributed by atoms with van der Waals surface area (Å²) >= 11 is 0. The summed E-state index contributed by atoms with van der Waals surface area (Å²) in [6, 6.07) is 8.44. The molecule has 2 heterocycles. The van der Waals surface area contributed by atoms with Crippen molar-refractivity contribution in [1.82, 2.24) is 9.88 Å². The second-order valence-electron chi connectivity index (χ2n) is 6.39. The average Bonchev–Trinajstić information content (AvgIpc) is 2.58. The molecule has 1 aliphatic heterocycles. The summed E-state index contributed by atoms with van der Waals surface area (Å²) in [4.78, 5) is 36.3. The zero-order valence-electron chi connectivity index (χ0n) is 13.9. The van der Waals surface area contributed by atoms with Crippen LogP contribution in [0.15, 0.2) is 35.1 Å². The van der Waals surface area contributed by atoms with Crippen LogP contribution in [0.4, 0.5) is 0 Å². The van der Waals surface area contributed by atoms with Gasteiger partial charge >= 0.3 is 5.97 Å². The summed E-state index contributed by atoms with van der Waals surface area (Å²) in [6.45, 7) is 0.787. The molecule has 132 valence electrons. The Kier molecular flexibility index (Phi) is 4.59. The Bertz CT molecular complexity index is 881. The molecule has 0 unspecified atom stereocenters. The quantitative estimate of drug-likeness (QED) is 0.871. The van der Waals surface area contributed by atoms with Crippen LogP contribution in [-0.2, 0) is 16.6 Å². The molecule has 25 heavy (non-hydrogen) atoms. The van der Waals surface area contributed by atoms with Crippen molar-refractivity contribution < 1.29 is 19.4 Å². The zero-order chi connectivity index (χ0) is 18.0. The molecule has 0 aliphatic carbocycles. The molecule has 1 aromatic heterocycles. The van der Waals surface area contributed by atoms with Crippen molar-refractivity contribution in [2.45, 2.75) is 24.8 Å². The molecule has 3 rings (SSSR count). The maximum atomic E-state index is 12.9. The van der Waals surface area contributed by atoms with Crippen LogP contribution in [-0.4, -0.2) is 40.3 Å². The van der Waals surface area contributed by atoms with Gasteiger partial charge in [0.25, 0.3) is 11.5 Å². The molecule has 0 atom stereocenters. The van der Waals surface area contributed by atoms with E-state index in [4.69, 9.17) is 4.74 Å². The standard InChI is InChI=1S/C18H20N2O5/c1-20-14-5-3-2-4-12(14)13(10-15(20)21)17(24)19-18(11-16(22)23)6-8-25-9-7-18/h2-5,10H,6-9,11H2,1H3,(H,19,24)(H,22,23). The number of aryl methyl sites for hydroxylation is 1. The third-order valence-electron chi connectivity index (χ3n) is 4.72. The fraction of sp³-hybridized carbons (Fsp3) is 0.389. The summed E-state index contributed by atoms with van der Waals surface area (Å²) in [5.41, 5.74) is -0.235. The van der Waals surface area contributed by atoms with Crippen LogP contribution < -0.4 is 10.9 Å². The highest BCUT2D eigenvalue weighted by molar-refractivity contribution is 6.06. The van der Waals surface area contributed by atoms with Crippen molar-refractivity contribution >= 4 is 22.8 Å². The topological polar surface area (TPSA) is 97.6 Å². The number of carbonyl (C=O) groups is 2. The highest BCUT2D eigenvalue weighted by atomic mass is 16.5. The van der Waals surface area contributed by atoms with Crippen molar-refractivity contribution in [3.8, 4) is 0 Å². The van der Waals surface area contributed by atoms with Gasteiger partial charge in [0.15, 0.2) is 0 Å². The predicted molar refractivity (Wildman–Crippen MR) is 91.7 cm³/mol. The average molecular weight is 344 g/mol. The van der Waals surface area contributed by atoms with Crippen LogP contribution in [0.25, 0.3) is 10.9 Å². The monoisotopic (exact) mass is 344 g/mol. The van der Waals surface area contributed by atoms with Crippen LogP contribution >= 0.6 is 0 Å². The Morgan fingerprint density at radius 1 is 1.28 bits per heavy atom. The second-order valence-corrected chi connectivity index (χ2v) is 6.39. The third-order valence-corrected chi connectivity index (χ3v) is 4.72. The number of aliphatic carboxylic acids is 1. The smallest absolute Gasteiger partial charge is 0.305 e. The van der Waals surface area contributed by atoms with E-state index in [2.05, 4.69) is 5.32 Å². The first-order valence-electron chi connectivity index (χ1n) is 8.13. The second kappa shape index (κ2) is 6.68. The van der Waals surface area contributed by atoms with Crippen LogP contribution in [0, 0.1) is 0 Å². The van der Waals surface area contributed by atoms with Gasteiger partial charge in [-0.1, -0.05) is 18.2 Å². The van der Waals surface area contributed by atoms with E-state index in [1.807, 2.05) is 0 Å². The number of amides is 1. The van der Waals surface area contributed by atoms with Crippen molar-refractivity contribution in [2.24, 2.45) is 7.05 Å². The lowest BCUT2D eigenvalue weighted by atomic mass is 9.86. The Balaban J connectivity index is 2.00. The molecular weight excluding hydrogens is 324 g/mol. The molecule has 1 fully saturated rings. The lowest BCUT2D eigenvalue weighted by Gasteiger charge is -2.37. The number of hydrogen-bond donors (Lipinski definition) is 2. The van der Waals surface area contributed by atoms with E-state index in [1.165, 1.54) is 10.6 Å². The van der Waals surface area contributed by atoms with Crippen molar-refractivity contribution in [1.29, 1.82) is 0 Å². The Labute approximate surface area is 144 Å². The normalized spacial score (nSPS) is 16.5. The van der Waals surface area contributed by atoms with E-state index in [9.17, 15) is 19.5 Å². The number of nitrogens with one attached hydrogen (secondary N) is 1. The molecule has 1 aliphatic rings. The largest absolute Gasteiger partial charge is 0.481 e. The van der Waals surface area contributed by atoms with E-state index in [0.29, 0.717) is 37.0 Å². The summed E-state index contributed by atoms with van der Waals surface area (Å²) < 4.78 is 6.78. The van der Waals surface area contributed by atoms with Gasteiger partial charge in [-0.2, -0.15) is 0 Å². The number of ether oxygens (including phenoxy) is 1. The minimum atomic E-state index is -0.976. The molecule has 1 amide bonds. The van der Waals surface area contributed by atoms with Crippen molar-refractivity contribution in [3.05, 3.63) is 46.2 Å².